The Bertz CT molecular complexity index is 3010. The van der Waals surface area contributed by atoms with Crippen LogP contribution in [0.2, 0.25) is 0 Å². The second-order valence-electron chi connectivity index (χ2n) is 13.0. The maximum Gasteiger partial charge on any atom is 0.164 e. The first-order chi connectivity index (χ1) is 25.3. The first-order valence-electron chi connectivity index (χ1n) is 17.0. The van der Waals surface area contributed by atoms with E-state index in [9.17, 15) is 0 Å². The highest BCUT2D eigenvalue weighted by Gasteiger charge is 2.24. The SMILES string of the molecule is c1ccc(-c2nc(-c3ccc4c(-c5cccc6oc7ccccc7c56)cccc4c3)nc(-c3ccc4c5c(cccc35)-c3ccncc3-4)n2)cc1. The molecule has 7 aromatic carbocycles. The Morgan fingerprint density at radius 2 is 1.06 bits per heavy atom. The van der Waals surface area contributed by atoms with E-state index in [1.807, 2.05) is 60.9 Å². The first-order valence-corrected chi connectivity index (χ1v) is 17.0. The molecule has 3 aromatic heterocycles. The molecule has 0 fully saturated rings. The van der Waals surface area contributed by atoms with Crippen LogP contribution in [0.25, 0.3) is 111 Å². The molecule has 0 atom stereocenters. The average molecular weight is 651 g/mol. The van der Waals surface area contributed by atoms with Crippen LogP contribution in [-0.2, 0) is 0 Å². The maximum atomic E-state index is 6.23. The van der Waals surface area contributed by atoms with Crippen LogP contribution in [0.5, 0.6) is 0 Å². The number of hydrogen-bond acceptors (Lipinski definition) is 5. The number of pyridine rings is 1. The van der Waals surface area contributed by atoms with Crippen molar-refractivity contribution in [3.8, 4) is 67.5 Å². The minimum absolute atomic E-state index is 0.629. The van der Waals surface area contributed by atoms with Gasteiger partial charge in [0.1, 0.15) is 11.2 Å². The molecule has 0 bridgehead atoms. The molecule has 5 nitrogen and oxygen atoms in total. The van der Waals surface area contributed by atoms with E-state index >= 15 is 0 Å². The van der Waals surface area contributed by atoms with E-state index in [2.05, 4.69) is 102 Å². The largest absolute Gasteiger partial charge is 0.456 e. The maximum absolute atomic E-state index is 6.23. The molecule has 1 aliphatic rings. The zero-order chi connectivity index (χ0) is 33.5. The van der Waals surface area contributed by atoms with Gasteiger partial charge in [-0.25, -0.2) is 15.0 Å². The fraction of sp³-hybridized carbons (Fsp3) is 0. The van der Waals surface area contributed by atoms with Crippen molar-refractivity contribution >= 4 is 43.5 Å². The Morgan fingerprint density at radius 1 is 0.373 bits per heavy atom. The Balaban J connectivity index is 1.10. The molecule has 0 radical (unpaired) electrons. The first kappa shape index (κ1) is 27.9. The highest BCUT2D eigenvalue weighted by Crippen LogP contribution is 2.49. The van der Waals surface area contributed by atoms with Crippen LogP contribution in [0.15, 0.2) is 162 Å². The molecule has 5 heteroatoms. The lowest BCUT2D eigenvalue weighted by Gasteiger charge is -2.13. The topological polar surface area (TPSA) is 64.7 Å². The lowest BCUT2D eigenvalue weighted by Crippen LogP contribution is -2.00. The van der Waals surface area contributed by atoms with Gasteiger partial charge in [-0.3, -0.25) is 4.98 Å². The number of fused-ring (bicyclic) bond motifs is 7. The van der Waals surface area contributed by atoms with Gasteiger partial charge in [0.2, 0.25) is 0 Å². The molecule has 0 saturated carbocycles. The second-order valence-corrected chi connectivity index (χ2v) is 13.0. The number of rotatable bonds is 4. The van der Waals surface area contributed by atoms with Crippen molar-refractivity contribution in [1.82, 2.24) is 19.9 Å². The minimum Gasteiger partial charge on any atom is -0.456 e. The summed E-state index contributed by atoms with van der Waals surface area (Å²) in [7, 11) is 0. The molecular formula is C46H26N4O. The molecular weight excluding hydrogens is 625 g/mol. The third kappa shape index (κ3) is 4.22. The summed E-state index contributed by atoms with van der Waals surface area (Å²) in [5.74, 6) is 1.91. The summed E-state index contributed by atoms with van der Waals surface area (Å²) in [6.07, 6.45) is 3.82. The lowest BCUT2D eigenvalue weighted by atomic mass is 9.94. The van der Waals surface area contributed by atoms with Crippen LogP contribution >= 0.6 is 0 Å². The Morgan fingerprint density at radius 3 is 1.98 bits per heavy atom. The molecule has 11 rings (SSSR count). The summed E-state index contributed by atoms with van der Waals surface area (Å²) >= 11 is 0. The molecule has 3 heterocycles. The van der Waals surface area contributed by atoms with Gasteiger partial charge in [-0.2, -0.15) is 0 Å². The lowest BCUT2D eigenvalue weighted by molar-refractivity contribution is 0.669. The van der Waals surface area contributed by atoms with Gasteiger partial charge in [-0.1, -0.05) is 115 Å². The molecule has 236 valence electrons. The van der Waals surface area contributed by atoms with E-state index in [4.69, 9.17) is 19.4 Å². The number of aromatic nitrogens is 4. The molecule has 1 aliphatic carbocycles. The summed E-state index contributed by atoms with van der Waals surface area (Å²) < 4.78 is 6.23. The minimum atomic E-state index is 0.629. The number of furan rings is 1. The summed E-state index contributed by atoms with van der Waals surface area (Å²) in [6.45, 7) is 0. The molecule has 0 N–H and O–H groups in total. The number of para-hydroxylation sites is 1. The molecule has 0 amide bonds. The van der Waals surface area contributed by atoms with Crippen molar-refractivity contribution in [3.63, 3.8) is 0 Å². The summed E-state index contributed by atoms with van der Waals surface area (Å²) in [6, 6.07) is 50.6. The summed E-state index contributed by atoms with van der Waals surface area (Å²) in [5.41, 5.74) is 11.7. The predicted molar refractivity (Wildman–Crippen MR) is 206 cm³/mol. The molecule has 0 spiro atoms. The summed E-state index contributed by atoms with van der Waals surface area (Å²) in [4.78, 5) is 19.8. The fourth-order valence-corrected chi connectivity index (χ4v) is 7.89. The average Bonchev–Trinajstić information content (AvgIpc) is 3.75. The van der Waals surface area contributed by atoms with Gasteiger partial charge < -0.3 is 4.42 Å². The van der Waals surface area contributed by atoms with E-state index in [0.717, 1.165) is 71.5 Å². The summed E-state index contributed by atoms with van der Waals surface area (Å²) in [5, 5.41) is 6.82. The van der Waals surface area contributed by atoms with Gasteiger partial charge in [0.05, 0.1) is 0 Å². The van der Waals surface area contributed by atoms with E-state index in [1.165, 1.54) is 22.1 Å². The van der Waals surface area contributed by atoms with Crippen molar-refractivity contribution in [2.24, 2.45) is 0 Å². The predicted octanol–water partition coefficient (Wildman–Crippen LogP) is 11.8. The quantitative estimate of drug-likeness (QED) is 0.190. The van der Waals surface area contributed by atoms with Gasteiger partial charge in [0.25, 0.3) is 0 Å². The molecule has 10 aromatic rings. The molecule has 0 aliphatic heterocycles. The van der Waals surface area contributed by atoms with Gasteiger partial charge in [-0.15, -0.1) is 0 Å². The Hall–Kier alpha value is -6.98. The number of hydrogen-bond donors (Lipinski definition) is 0. The number of nitrogens with zero attached hydrogens (tertiary/aromatic N) is 4. The van der Waals surface area contributed by atoms with Crippen LogP contribution in [-0.4, -0.2) is 19.9 Å². The van der Waals surface area contributed by atoms with E-state index in [1.54, 1.807) is 0 Å². The Labute approximate surface area is 292 Å². The van der Waals surface area contributed by atoms with Crippen LogP contribution in [0.1, 0.15) is 0 Å². The normalized spacial score (nSPS) is 11.9. The standard InChI is InChI=1S/C46H26N4O/c1-2-9-27(10-3-1)44-48-45(50-46(49-44)37-22-21-36-39-26-47-24-23-32(39)33-14-7-15-35(37)42(33)36)29-19-20-30-28(25-29)11-6-13-31(30)34-16-8-18-41-43(34)38-12-4-5-17-40(38)51-41/h1-26H. The second kappa shape index (κ2) is 10.8. The van der Waals surface area contributed by atoms with Crippen molar-refractivity contribution < 1.29 is 4.42 Å². The van der Waals surface area contributed by atoms with E-state index in [0.29, 0.717) is 17.5 Å². The zero-order valence-electron chi connectivity index (χ0n) is 27.2. The van der Waals surface area contributed by atoms with Crippen molar-refractivity contribution in [2.45, 2.75) is 0 Å². The number of benzene rings is 7. The van der Waals surface area contributed by atoms with Gasteiger partial charge >= 0.3 is 0 Å². The molecule has 0 saturated heterocycles. The van der Waals surface area contributed by atoms with Gasteiger partial charge in [0, 0.05) is 45.4 Å². The van der Waals surface area contributed by atoms with Crippen molar-refractivity contribution in [3.05, 3.63) is 158 Å². The van der Waals surface area contributed by atoms with Crippen molar-refractivity contribution in [1.29, 1.82) is 0 Å². The van der Waals surface area contributed by atoms with Crippen LogP contribution < -0.4 is 0 Å². The van der Waals surface area contributed by atoms with Crippen LogP contribution in [0, 0.1) is 0 Å². The fourth-order valence-electron chi connectivity index (χ4n) is 7.89. The van der Waals surface area contributed by atoms with E-state index < -0.39 is 0 Å². The van der Waals surface area contributed by atoms with E-state index in [-0.39, 0.29) is 0 Å². The van der Waals surface area contributed by atoms with Gasteiger partial charge in [-0.05, 0) is 79.7 Å². The Kier molecular flexibility index (Phi) is 5.89. The zero-order valence-corrected chi connectivity index (χ0v) is 27.2. The van der Waals surface area contributed by atoms with Crippen LogP contribution in [0.3, 0.4) is 0 Å². The van der Waals surface area contributed by atoms with Crippen molar-refractivity contribution in [2.75, 3.05) is 0 Å². The van der Waals surface area contributed by atoms with Crippen LogP contribution in [0.4, 0.5) is 0 Å². The third-order valence-corrected chi connectivity index (χ3v) is 10.2. The van der Waals surface area contributed by atoms with Gasteiger partial charge in [0.15, 0.2) is 17.5 Å². The smallest absolute Gasteiger partial charge is 0.164 e. The molecule has 0 unspecified atom stereocenters. The highest BCUT2D eigenvalue weighted by atomic mass is 16.3. The monoisotopic (exact) mass is 650 g/mol. The molecule has 51 heavy (non-hydrogen) atoms. The highest BCUT2D eigenvalue weighted by molar-refractivity contribution is 6.18. The third-order valence-electron chi connectivity index (χ3n) is 10.2.